The lowest BCUT2D eigenvalue weighted by Crippen LogP contribution is -2.20. The second-order valence-electron chi connectivity index (χ2n) is 7.61. The third kappa shape index (κ3) is 5.58. The molecule has 33 heavy (non-hydrogen) atoms. The van der Waals surface area contributed by atoms with Gasteiger partial charge in [-0.3, -0.25) is 4.79 Å². The number of nitrogens with zero attached hydrogens (tertiary/aromatic N) is 2. The van der Waals surface area contributed by atoms with Crippen molar-refractivity contribution in [3.8, 4) is 0 Å². The summed E-state index contributed by atoms with van der Waals surface area (Å²) in [5, 5.41) is 7.95. The van der Waals surface area contributed by atoms with Crippen LogP contribution < -0.4 is 15.2 Å². The van der Waals surface area contributed by atoms with Crippen molar-refractivity contribution in [1.82, 2.24) is 14.3 Å². The van der Waals surface area contributed by atoms with Gasteiger partial charge in [0.2, 0.25) is 26.0 Å². The number of hydrogen-bond acceptors (Lipinski definition) is 6. The molecule has 0 radical (unpaired) electrons. The monoisotopic (exact) mass is 493 g/mol. The minimum atomic E-state index is -3.85. The molecular weight excluding hydrogens is 466 g/mol. The Kier molecular flexibility index (Phi) is 7.22. The largest absolute Gasteiger partial charge is 0.328 e. The average Bonchev–Trinajstić information content (AvgIpc) is 3.10. The van der Waals surface area contributed by atoms with Crippen LogP contribution in [-0.4, -0.2) is 39.3 Å². The van der Waals surface area contributed by atoms with Crippen molar-refractivity contribution in [3.05, 3.63) is 47.8 Å². The van der Waals surface area contributed by atoms with Gasteiger partial charge in [0, 0.05) is 25.1 Å². The zero-order valence-corrected chi connectivity index (χ0v) is 20.3. The Balaban J connectivity index is 1.80. The Morgan fingerprint density at radius 3 is 2.48 bits per heavy atom. The Morgan fingerprint density at radius 1 is 1.12 bits per heavy atom. The van der Waals surface area contributed by atoms with Gasteiger partial charge in [-0.05, 0) is 56.3 Å². The standard InChI is InChI=1S/C21H27N5O5S2/c1-4-11-26-18-8-7-16(32(22,28)29)13-17(18)25-20(26)9-10-21(27)24-15-6-5-14(2)19(12-15)33(30,31)23-3/h5-8,12-13,23H,4,9-11H2,1-3H3,(H,24,27)(H2,22,28,29). The van der Waals surface area contributed by atoms with Gasteiger partial charge in [-0.25, -0.2) is 31.7 Å². The number of anilines is 1. The Bertz CT molecular complexity index is 1410. The van der Waals surface area contributed by atoms with Crippen molar-refractivity contribution in [2.24, 2.45) is 5.14 Å². The number of primary sulfonamides is 1. The van der Waals surface area contributed by atoms with E-state index in [9.17, 15) is 21.6 Å². The zero-order valence-electron chi connectivity index (χ0n) is 18.6. The Labute approximate surface area is 193 Å². The lowest BCUT2D eigenvalue weighted by molar-refractivity contribution is -0.116. The highest BCUT2D eigenvalue weighted by Crippen LogP contribution is 2.23. The number of nitrogens with two attached hydrogens (primary N) is 1. The molecule has 0 aliphatic carbocycles. The molecule has 0 unspecified atom stereocenters. The zero-order chi connectivity index (χ0) is 24.4. The minimum Gasteiger partial charge on any atom is -0.328 e. The van der Waals surface area contributed by atoms with Gasteiger partial charge in [0.1, 0.15) is 5.82 Å². The molecule has 0 atom stereocenters. The third-order valence-electron chi connectivity index (χ3n) is 5.18. The van der Waals surface area contributed by atoms with Crippen LogP contribution in [0.25, 0.3) is 11.0 Å². The number of sulfonamides is 2. The molecule has 1 heterocycles. The summed E-state index contributed by atoms with van der Waals surface area (Å²) in [6.45, 7) is 4.34. The molecule has 4 N–H and O–H groups in total. The van der Waals surface area contributed by atoms with E-state index in [1.807, 2.05) is 11.5 Å². The SMILES string of the molecule is CCCn1c(CCC(=O)Nc2ccc(C)c(S(=O)(=O)NC)c2)nc2cc(S(N)(=O)=O)ccc21. The molecular formula is C21H27N5O5S2. The fourth-order valence-electron chi connectivity index (χ4n) is 3.53. The molecule has 2 aromatic carbocycles. The molecule has 0 aliphatic rings. The highest BCUT2D eigenvalue weighted by atomic mass is 32.2. The summed E-state index contributed by atoms with van der Waals surface area (Å²) >= 11 is 0. The topological polar surface area (TPSA) is 153 Å². The van der Waals surface area contributed by atoms with E-state index in [2.05, 4.69) is 15.0 Å². The number of imidazole rings is 1. The number of benzene rings is 2. The van der Waals surface area contributed by atoms with E-state index < -0.39 is 20.0 Å². The second kappa shape index (κ2) is 9.59. The maximum atomic E-state index is 12.6. The molecule has 178 valence electrons. The first-order valence-electron chi connectivity index (χ1n) is 10.3. The van der Waals surface area contributed by atoms with Crippen LogP contribution in [0.1, 0.15) is 31.2 Å². The van der Waals surface area contributed by atoms with Crippen LogP contribution in [0, 0.1) is 6.92 Å². The van der Waals surface area contributed by atoms with E-state index in [0.717, 1.165) is 11.9 Å². The number of hydrogen-bond donors (Lipinski definition) is 3. The molecule has 0 fully saturated rings. The summed E-state index contributed by atoms with van der Waals surface area (Å²) in [5.41, 5.74) is 2.19. The number of rotatable bonds is 9. The fourth-order valence-corrected chi connectivity index (χ4v) is 5.05. The molecule has 0 saturated carbocycles. The molecule has 1 aromatic heterocycles. The quantitative estimate of drug-likeness (QED) is 0.414. The van der Waals surface area contributed by atoms with Crippen molar-refractivity contribution < 1.29 is 21.6 Å². The molecule has 3 aromatic rings. The van der Waals surface area contributed by atoms with E-state index in [0.29, 0.717) is 35.6 Å². The van der Waals surface area contributed by atoms with Crippen molar-refractivity contribution in [2.75, 3.05) is 12.4 Å². The van der Waals surface area contributed by atoms with Gasteiger partial charge in [0.15, 0.2) is 0 Å². The van der Waals surface area contributed by atoms with Gasteiger partial charge in [0.25, 0.3) is 0 Å². The number of amides is 1. The van der Waals surface area contributed by atoms with E-state index in [1.165, 1.54) is 25.2 Å². The second-order valence-corrected chi connectivity index (χ2v) is 11.0. The highest BCUT2D eigenvalue weighted by molar-refractivity contribution is 7.89. The van der Waals surface area contributed by atoms with Gasteiger partial charge in [-0.1, -0.05) is 13.0 Å². The van der Waals surface area contributed by atoms with Crippen LogP contribution in [0.15, 0.2) is 46.2 Å². The molecule has 3 rings (SSSR count). The summed E-state index contributed by atoms with van der Waals surface area (Å²) in [6.07, 6.45) is 1.25. The lowest BCUT2D eigenvalue weighted by Gasteiger charge is -2.11. The van der Waals surface area contributed by atoms with Crippen molar-refractivity contribution >= 4 is 42.7 Å². The Morgan fingerprint density at radius 2 is 1.85 bits per heavy atom. The predicted octanol–water partition coefficient (Wildman–Crippen LogP) is 1.88. The van der Waals surface area contributed by atoms with Gasteiger partial charge in [0.05, 0.1) is 20.8 Å². The van der Waals surface area contributed by atoms with E-state index in [4.69, 9.17) is 5.14 Å². The maximum absolute atomic E-state index is 12.6. The highest BCUT2D eigenvalue weighted by Gasteiger charge is 2.17. The number of carbonyl (C=O) groups excluding carboxylic acids is 1. The molecule has 12 heteroatoms. The summed E-state index contributed by atoms with van der Waals surface area (Å²) in [4.78, 5) is 17.2. The fraction of sp³-hybridized carbons (Fsp3) is 0.333. The van der Waals surface area contributed by atoms with Crippen LogP contribution >= 0.6 is 0 Å². The normalized spacial score (nSPS) is 12.2. The molecule has 0 bridgehead atoms. The van der Waals surface area contributed by atoms with Gasteiger partial charge < -0.3 is 9.88 Å². The van der Waals surface area contributed by atoms with Gasteiger partial charge in [-0.2, -0.15) is 0 Å². The van der Waals surface area contributed by atoms with Crippen LogP contribution in [-0.2, 0) is 37.8 Å². The third-order valence-corrected chi connectivity index (χ3v) is 7.65. The van der Waals surface area contributed by atoms with Crippen molar-refractivity contribution in [2.45, 2.75) is 49.4 Å². The summed E-state index contributed by atoms with van der Waals surface area (Å²) in [5.74, 6) is 0.350. The first-order valence-corrected chi connectivity index (χ1v) is 13.3. The number of carbonyl (C=O) groups is 1. The Hall–Kier alpha value is -2.80. The molecule has 10 nitrogen and oxygen atoms in total. The molecule has 0 aliphatic heterocycles. The van der Waals surface area contributed by atoms with E-state index >= 15 is 0 Å². The van der Waals surface area contributed by atoms with Crippen molar-refractivity contribution in [3.63, 3.8) is 0 Å². The first kappa shape index (κ1) is 24.8. The molecule has 0 spiro atoms. The maximum Gasteiger partial charge on any atom is 0.240 e. The number of aryl methyl sites for hydroxylation is 3. The van der Waals surface area contributed by atoms with Gasteiger partial charge >= 0.3 is 0 Å². The van der Waals surface area contributed by atoms with Crippen LogP contribution in [0.2, 0.25) is 0 Å². The average molecular weight is 494 g/mol. The van der Waals surface area contributed by atoms with Crippen LogP contribution in [0.3, 0.4) is 0 Å². The minimum absolute atomic E-state index is 0.0212. The van der Waals surface area contributed by atoms with E-state index in [1.54, 1.807) is 25.1 Å². The summed E-state index contributed by atoms with van der Waals surface area (Å²) < 4.78 is 51.9. The smallest absolute Gasteiger partial charge is 0.240 e. The predicted molar refractivity (Wildman–Crippen MR) is 126 cm³/mol. The number of nitrogens with one attached hydrogen (secondary N) is 2. The van der Waals surface area contributed by atoms with Crippen LogP contribution in [0.4, 0.5) is 5.69 Å². The number of fused-ring (bicyclic) bond motifs is 1. The summed E-state index contributed by atoms with van der Waals surface area (Å²) in [6, 6.07) is 9.22. The summed E-state index contributed by atoms with van der Waals surface area (Å²) in [7, 11) is -6.17. The van der Waals surface area contributed by atoms with Crippen molar-refractivity contribution in [1.29, 1.82) is 0 Å². The van der Waals surface area contributed by atoms with Gasteiger partial charge in [-0.15, -0.1) is 0 Å². The lowest BCUT2D eigenvalue weighted by atomic mass is 10.2. The molecule has 1 amide bonds. The first-order chi connectivity index (χ1) is 15.5. The molecule has 0 saturated heterocycles. The number of aromatic nitrogens is 2. The van der Waals surface area contributed by atoms with Crippen LogP contribution in [0.5, 0.6) is 0 Å². The van der Waals surface area contributed by atoms with E-state index in [-0.39, 0.29) is 22.1 Å².